The van der Waals surface area contributed by atoms with Gasteiger partial charge in [-0.3, -0.25) is 9.59 Å². The Morgan fingerprint density at radius 2 is 1.54 bits per heavy atom. The highest BCUT2D eigenvalue weighted by Gasteiger charge is 2.09. The number of nitrogens with zero attached hydrogens (tertiary/aromatic N) is 2. The lowest BCUT2D eigenvalue weighted by Crippen LogP contribution is -2.14. The second kappa shape index (κ2) is 8.30. The van der Waals surface area contributed by atoms with Crippen LogP contribution in [0.25, 0.3) is 0 Å². The molecule has 0 aliphatic heterocycles. The highest BCUT2D eigenvalue weighted by atomic mass is 16.2. The van der Waals surface area contributed by atoms with Crippen molar-refractivity contribution in [1.82, 2.24) is 9.97 Å². The maximum Gasteiger partial charge on any atom is 0.275 e. The maximum atomic E-state index is 12.3. The number of carbonyl (C=O) groups excluding carboxylic acids is 2. The van der Waals surface area contributed by atoms with Crippen LogP contribution in [0.1, 0.15) is 28.5 Å². The molecule has 0 spiro atoms. The van der Waals surface area contributed by atoms with Crippen molar-refractivity contribution in [3.63, 3.8) is 0 Å². The summed E-state index contributed by atoms with van der Waals surface area (Å²) < 4.78 is 0. The molecule has 28 heavy (non-hydrogen) atoms. The number of carbonyl (C=O) groups is 2. The van der Waals surface area contributed by atoms with Gasteiger partial charge >= 0.3 is 0 Å². The van der Waals surface area contributed by atoms with Gasteiger partial charge in [-0.25, -0.2) is 9.97 Å². The molecule has 1 aromatic heterocycles. The summed E-state index contributed by atoms with van der Waals surface area (Å²) in [6.07, 6.45) is 2.95. The van der Waals surface area contributed by atoms with Gasteiger partial charge in [0.2, 0.25) is 5.91 Å². The first-order valence-electron chi connectivity index (χ1n) is 8.76. The largest absolute Gasteiger partial charge is 0.339 e. The minimum absolute atomic E-state index is 0.151. The highest BCUT2D eigenvalue weighted by Crippen LogP contribution is 2.20. The average Bonchev–Trinajstić information content (AvgIpc) is 2.66. The Morgan fingerprint density at radius 3 is 2.14 bits per heavy atom. The van der Waals surface area contributed by atoms with Gasteiger partial charge in [0.1, 0.15) is 11.5 Å². The molecule has 3 rings (SSSR count). The molecule has 0 atom stereocenters. The van der Waals surface area contributed by atoms with Crippen LogP contribution in [0.2, 0.25) is 0 Å². The number of amides is 2. The summed E-state index contributed by atoms with van der Waals surface area (Å²) in [6.45, 7) is 5.47. The van der Waals surface area contributed by atoms with Crippen molar-refractivity contribution in [3.8, 4) is 0 Å². The molecule has 0 unspecified atom stereocenters. The second-order valence-electron chi connectivity index (χ2n) is 6.44. The van der Waals surface area contributed by atoms with Crippen molar-refractivity contribution in [2.75, 3.05) is 16.0 Å². The molecule has 0 aliphatic rings. The standard InChI is InChI=1S/C21H21N5O2/c1-13-4-5-14(2)18(10-13)26-20-12-22-19(11-23-20)21(28)25-17-8-6-16(7-9-17)24-15(3)27/h4-12H,1-3H3,(H,23,26)(H,24,27)(H,25,28). The molecule has 7 heteroatoms. The first-order valence-corrected chi connectivity index (χ1v) is 8.76. The molecule has 7 nitrogen and oxygen atoms in total. The summed E-state index contributed by atoms with van der Waals surface area (Å²) in [5.41, 5.74) is 4.65. The van der Waals surface area contributed by atoms with Gasteiger partial charge in [-0.2, -0.15) is 0 Å². The molecule has 142 valence electrons. The predicted octanol–water partition coefficient (Wildman–Crippen LogP) is 4.05. The van der Waals surface area contributed by atoms with Crippen LogP contribution in [0, 0.1) is 13.8 Å². The molecule has 2 aromatic carbocycles. The Labute approximate surface area is 163 Å². The van der Waals surface area contributed by atoms with E-state index in [9.17, 15) is 9.59 Å². The van der Waals surface area contributed by atoms with Gasteiger partial charge in [0.25, 0.3) is 5.91 Å². The third kappa shape index (κ3) is 4.91. The quantitative estimate of drug-likeness (QED) is 0.625. The van der Waals surface area contributed by atoms with Gasteiger partial charge in [-0.15, -0.1) is 0 Å². The number of aromatic nitrogens is 2. The third-order valence-electron chi connectivity index (χ3n) is 4.00. The normalized spacial score (nSPS) is 10.2. The molecule has 0 radical (unpaired) electrons. The number of benzene rings is 2. The van der Waals surface area contributed by atoms with E-state index < -0.39 is 0 Å². The molecule has 0 fully saturated rings. The van der Waals surface area contributed by atoms with Gasteiger partial charge < -0.3 is 16.0 Å². The molecule has 0 saturated carbocycles. The van der Waals surface area contributed by atoms with Crippen molar-refractivity contribution in [2.45, 2.75) is 20.8 Å². The molecule has 1 heterocycles. The van der Waals surface area contributed by atoms with Crippen LogP contribution >= 0.6 is 0 Å². The third-order valence-corrected chi connectivity index (χ3v) is 4.00. The van der Waals surface area contributed by atoms with Crippen LogP contribution in [0.5, 0.6) is 0 Å². The molecular weight excluding hydrogens is 354 g/mol. The van der Waals surface area contributed by atoms with E-state index in [1.54, 1.807) is 24.3 Å². The fourth-order valence-corrected chi connectivity index (χ4v) is 2.55. The molecule has 2 amide bonds. The summed E-state index contributed by atoms with van der Waals surface area (Å²) in [7, 11) is 0. The van der Waals surface area contributed by atoms with E-state index in [1.165, 1.54) is 19.3 Å². The second-order valence-corrected chi connectivity index (χ2v) is 6.44. The Morgan fingerprint density at radius 1 is 0.857 bits per heavy atom. The van der Waals surface area contributed by atoms with Gasteiger partial charge in [0.15, 0.2) is 0 Å². The zero-order valence-electron chi connectivity index (χ0n) is 15.9. The fourth-order valence-electron chi connectivity index (χ4n) is 2.55. The van der Waals surface area contributed by atoms with Crippen molar-refractivity contribution < 1.29 is 9.59 Å². The van der Waals surface area contributed by atoms with Crippen molar-refractivity contribution in [1.29, 1.82) is 0 Å². The van der Waals surface area contributed by atoms with E-state index in [-0.39, 0.29) is 17.5 Å². The summed E-state index contributed by atoms with van der Waals surface area (Å²) in [4.78, 5) is 31.8. The van der Waals surface area contributed by atoms with Crippen LogP contribution in [0.3, 0.4) is 0 Å². The Bertz CT molecular complexity index is 998. The number of rotatable bonds is 5. The van der Waals surface area contributed by atoms with E-state index in [4.69, 9.17) is 0 Å². The van der Waals surface area contributed by atoms with Crippen LogP contribution in [0.4, 0.5) is 22.9 Å². The number of hydrogen-bond acceptors (Lipinski definition) is 5. The zero-order chi connectivity index (χ0) is 20.1. The highest BCUT2D eigenvalue weighted by molar-refractivity contribution is 6.02. The van der Waals surface area contributed by atoms with E-state index in [0.717, 1.165) is 16.8 Å². The summed E-state index contributed by atoms with van der Waals surface area (Å²) in [6, 6.07) is 12.9. The summed E-state index contributed by atoms with van der Waals surface area (Å²) in [5.74, 6) is 0.0459. The lowest BCUT2D eigenvalue weighted by molar-refractivity contribution is -0.114. The maximum absolute atomic E-state index is 12.3. The van der Waals surface area contributed by atoms with E-state index >= 15 is 0 Å². The molecule has 3 aromatic rings. The van der Waals surface area contributed by atoms with Crippen LogP contribution < -0.4 is 16.0 Å². The number of anilines is 4. The number of nitrogens with one attached hydrogen (secondary N) is 3. The van der Waals surface area contributed by atoms with E-state index in [0.29, 0.717) is 17.2 Å². The smallest absolute Gasteiger partial charge is 0.275 e. The number of aryl methyl sites for hydroxylation is 2. The molecule has 0 saturated heterocycles. The van der Waals surface area contributed by atoms with Gasteiger partial charge in [-0.1, -0.05) is 12.1 Å². The topological polar surface area (TPSA) is 96.0 Å². The fraction of sp³-hybridized carbons (Fsp3) is 0.143. The molecular formula is C21H21N5O2. The predicted molar refractivity (Wildman–Crippen MR) is 110 cm³/mol. The van der Waals surface area contributed by atoms with Crippen molar-refractivity contribution in [2.24, 2.45) is 0 Å². The molecule has 3 N–H and O–H groups in total. The van der Waals surface area contributed by atoms with Crippen LogP contribution in [-0.2, 0) is 4.79 Å². The van der Waals surface area contributed by atoms with Crippen LogP contribution in [0.15, 0.2) is 54.9 Å². The Hall–Kier alpha value is -3.74. The van der Waals surface area contributed by atoms with Gasteiger partial charge in [-0.05, 0) is 55.3 Å². The number of hydrogen-bond donors (Lipinski definition) is 3. The Kier molecular flexibility index (Phi) is 5.64. The molecule has 0 aliphatic carbocycles. The summed E-state index contributed by atoms with van der Waals surface area (Å²) >= 11 is 0. The SMILES string of the molecule is CC(=O)Nc1ccc(NC(=O)c2cnc(Nc3cc(C)ccc3C)cn2)cc1. The van der Waals surface area contributed by atoms with E-state index in [2.05, 4.69) is 25.9 Å². The average molecular weight is 375 g/mol. The van der Waals surface area contributed by atoms with Gasteiger partial charge in [0, 0.05) is 24.0 Å². The summed E-state index contributed by atoms with van der Waals surface area (Å²) in [5, 5.41) is 8.63. The molecule has 0 bridgehead atoms. The van der Waals surface area contributed by atoms with E-state index in [1.807, 2.05) is 32.0 Å². The first kappa shape index (κ1) is 19.0. The van der Waals surface area contributed by atoms with Crippen LogP contribution in [-0.4, -0.2) is 21.8 Å². The monoisotopic (exact) mass is 375 g/mol. The minimum atomic E-state index is -0.363. The first-order chi connectivity index (χ1) is 13.4. The lowest BCUT2D eigenvalue weighted by Gasteiger charge is -2.10. The zero-order valence-corrected chi connectivity index (χ0v) is 15.9. The Balaban J connectivity index is 1.65. The van der Waals surface area contributed by atoms with Crippen molar-refractivity contribution in [3.05, 3.63) is 71.7 Å². The minimum Gasteiger partial charge on any atom is -0.339 e. The lowest BCUT2D eigenvalue weighted by atomic mass is 10.1. The van der Waals surface area contributed by atoms with Crippen molar-refractivity contribution >= 4 is 34.7 Å². The van der Waals surface area contributed by atoms with Gasteiger partial charge in [0.05, 0.1) is 12.4 Å².